The first-order valence-electron chi connectivity index (χ1n) is 7.56. The van der Waals surface area contributed by atoms with Crippen molar-refractivity contribution in [3.05, 3.63) is 51.3 Å². The van der Waals surface area contributed by atoms with Crippen LogP contribution in [0.2, 0.25) is 5.02 Å². The number of urea groups is 1. The Kier molecular flexibility index (Phi) is 4.66. The highest BCUT2D eigenvalue weighted by Crippen LogP contribution is 2.32. The van der Waals surface area contributed by atoms with Crippen LogP contribution in [0.5, 0.6) is 0 Å². The normalized spacial score (nSPS) is 17.5. The van der Waals surface area contributed by atoms with Gasteiger partial charge in [-0.2, -0.15) is 5.10 Å². The second kappa shape index (κ2) is 6.88. The van der Waals surface area contributed by atoms with Crippen molar-refractivity contribution in [3.8, 4) is 0 Å². The number of aromatic nitrogens is 2. The molecule has 0 bridgehead atoms. The van der Waals surface area contributed by atoms with Gasteiger partial charge in [0.25, 0.3) is 5.69 Å². The predicted octanol–water partition coefficient (Wildman–Crippen LogP) is 3.73. The van der Waals surface area contributed by atoms with Gasteiger partial charge in [-0.1, -0.05) is 11.6 Å². The van der Waals surface area contributed by atoms with Gasteiger partial charge in [0, 0.05) is 30.1 Å². The van der Waals surface area contributed by atoms with E-state index in [1.165, 1.54) is 18.2 Å². The van der Waals surface area contributed by atoms with E-state index in [4.69, 9.17) is 11.6 Å². The van der Waals surface area contributed by atoms with Crippen LogP contribution in [-0.4, -0.2) is 32.6 Å². The lowest BCUT2D eigenvalue weighted by molar-refractivity contribution is -0.384. The molecule has 1 aromatic heterocycles. The van der Waals surface area contributed by atoms with Crippen LogP contribution in [0, 0.1) is 10.1 Å². The number of rotatable bonds is 3. The molecule has 126 valence electrons. The Labute approximate surface area is 142 Å². The Bertz CT molecular complexity index is 750. The Morgan fingerprint density at radius 2 is 2.29 bits per heavy atom. The maximum Gasteiger partial charge on any atom is 0.322 e. The molecule has 0 aliphatic carbocycles. The molecule has 0 radical (unpaired) electrons. The third kappa shape index (κ3) is 3.33. The second-order valence-corrected chi connectivity index (χ2v) is 6.00. The molecule has 1 aromatic carbocycles. The van der Waals surface area contributed by atoms with E-state index >= 15 is 0 Å². The largest absolute Gasteiger partial charge is 0.322 e. The lowest BCUT2D eigenvalue weighted by Gasteiger charge is -2.35. The zero-order chi connectivity index (χ0) is 17.1. The Balaban J connectivity index is 1.76. The van der Waals surface area contributed by atoms with Crippen LogP contribution in [0.4, 0.5) is 16.2 Å². The van der Waals surface area contributed by atoms with E-state index in [1.807, 2.05) is 0 Å². The van der Waals surface area contributed by atoms with Crippen molar-refractivity contribution < 1.29 is 9.72 Å². The van der Waals surface area contributed by atoms with E-state index in [0.717, 1.165) is 24.8 Å². The molecule has 1 aliphatic heterocycles. The molecule has 2 heterocycles. The molecule has 9 heteroatoms. The van der Waals surface area contributed by atoms with Crippen molar-refractivity contribution in [2.45, 2.75) is 25.3 Å². The SMILES string of the molecule is O=C(Nc1ccc([N+](=O)[O-])c(Cl)c1)N1CCCC[C@@H]1c1cn[nH]c1. The van der Waals surface area contributed by atoms with Crippen LogP contribution >= 0.6 is 11.6 Å². The van der Waals surface area contributed by atoms with Crippen LogP contribution in [0.3, 0.4) is 0 Å². The Morgan fingerprint density at radius 1 is 1.46 bits per heavy atom. The standard InChI is InChI=1S/C15H16ClN5O3/c16-12-7-11(4-5-14(12)21(23)24)19-15(22)20-6-2-1-3-13(20)10-8-17-18-9-10/h4-5,7-9,13H,1-3,6H2,(H,17,18)(H,19,22)/t13-/m1/s1. The van der Waals surface area contributed by atoms with Gasteiger partial charge in [0.15, 0.2) is 0 Å². The van der Waals surface area contributed by atoms with Gasteiger partial charge < -0.3 is 10.2 Å². The van der Waals surface area contributed by atoms with Crippen molar-refractivity contribution in [1.82, 2.24) is 15.1 Å². The van der Waals surface area contributed by atoms with E-state index < -0.39 is 4.92 Å². The summed E-state index contributed by atoms with van der Waals surface area (Å²) in [6, 6.07) is 3.84. The summed E-state index contributed by atoms with van der Waals surface area (Å²) < 4.78 is 0. The molecule has 0 saturated carbocycles. The maximum atomic E-state index is 12.6. The molecule has 2 aromatic rings. The average molecular weight is 350 g/mol. The lowest BCUT2D eigenvalue weighted by atomic mass is 9.98. The number of hydrogen-bond acceptors (Lipinski definition) is 4. The summed E-state index contributed by atoms with van der Waals surface area (Å²) in [4.78, 5) is 24.6. The number of carbonyl (C=O) groups is 1. The molecule has 8 nitrogen and oxygen atoms in total. The summed E-state index contributed by atoms with van der Waals surface area (Å²) in [5.41, 5.74) is 1.20. The van der Waals surface area contributed by atoms with Gasteiger partial charge in [0.1, 0.15) is 5.02 Å². The van der Waals surface area contributed by atoms with Crippen LogP contribution in [0.15, 0.2) is 30.6 Å². The minimum atomic E-state index is -0.562. The van der Waals surface area contributed by atoms with E-state index in [-0.39, 0.29) is 22.8 Å². The Morgan fingerprint density at radius 3 is 2.96 bits per heavy atom. The topological polar surface area (TPSA) is 104 Å². The van der Waals surface area contributed by atoms with Crippen molar-refractivity contribution >= 4 is 29.0 Å². The number of nitrogens with zero attached hydrogens (tertiary/aromatic N) is 3. The van der Waals surface area contributed by atoms with Crippen molar-refractivity contribution in [2.24, 2.45) is 0 Å². The van der Waals surface area contributed by atoms with Gasteiger partial charge in [-0.05, 0) is 31.4 Å². The third-order valence-corrected chi connectivity index (χ3v) is 4.37. The molecule has 24 heavy (non-hydrogen) atoms. The number of nitro groups is 1. The number of carbonyl (C=O) groups excluding carboxylic acids is 1. The maximum absolute atomic E-state index is 12.6. The van der Waals surface area contributed by atoms with Crippen LogP contribution < -0.4 is 5.32 Å². The number of amides is 2. The second-order valence-electron chi connectivity index (χ2n) is 5.59. The predicted molar refractivity (Wildman–Crippen MR) is 89.0 cm³/mol. The molecule has 1 atom stereocenters. The first-order chi connectivity index (χ1) is 11.6. The van der Waals surface area contributed by atoms with E-state index in [1.54, 1.807) is 17.3 Å². The molecular weight excluding hydrogens is 334 g/mol. The number of anilines is 1. The average Bonchev–Trinajstić information content (AvgIpc) is 3.09. The summed E-state index contributed by atoms with van der Waals surface area (Å²) in [6.07, 6.45) is 6.36. The zero-order valence-electron chi connectivity index (χ0n) is 12.7. The third-order valence-electron chi connectivity index (χ3n) is 4.06. The number of H-pyrrole nitrogens is 1. The molecule has 2 amide bonds. The molecule has 2 N–H and O–H groups in total. The fourth-order valence-corrected chi connectivity index (χ4v) is 3.14. The first-order valence-corrected chi connectivity index (χ1v) is 7.94. The Hall–Kier alpha value is -2.61. The number of likely N-dealkylation sites (tertiary alicyclic amines) is 1. The van der Waals surface area contributed by atoms with E-state index in [9.17, 15) is 14.9 Å². The summed E-state index contributed by atoms with van der Waals surface area (Å²) in [7, 11) is 0. The van der Waals surface area contributed by atoms with Crippen LogP contribution in [0.1, 0.15) is 30.9 Å². The highest BCUT2D eigenvalue weighted by Gasteiger charge is 2.28. The van der Waals surface area contributed by atoms with E-state index in [0.29, 0.717) is 12.2 Å². The molecule has 1 saturated heterocycles. The van der Waals surface area contributed by atoms with Gasteiger partial charge >= 0.3 is 6.03 Å². The van der Waals surface area contributed by atoms with Gasteiger partial charge in [-0.3, -0.25) is 15.2 Å². The summed E-state index contributed by atoms with van der Waals surface area (Å²) >= 11 is 5.88. The zero-order valence-corrected chi connectivity index (χ0v) is 13.5. The minimum absolute atomic E-state index is 0.0113. The minimum Gasteiger partial charge on any atom is -0.317 e. The fourth-order valence-electron chi connectivity index (χ4n) is 2.89. The van der Waals surface area contributed by atoms with Crippen molar-refractivity contribution in [1.29, 1.82) is 0 Å². The van der Waals surface area contributed by atoms with E-state index in [2.05, 4.69) is 15.5 Å². The highest BCUT2D eigenvalue weighted by atomic mass is 35.5. The van der Waals surface area contributed by atoms with Crippen LogP contribution in [0.25, 0.3) is 0 Å². The number of piperidine rings is 1. The number of nitro benzene ring substituents is 1. The van der Waals surface area contributed by atoms with Crippen LogP contribution in [-0.2, 0) is 0 Å². The number of halogens is 1. The molecule has 0 spiro atoms. The van der Waals surface area contributed by atoms with Gasteiger partial charge in [-0.25, -0.2) is 4.79 Å². The van der Waals surface area contributed by atoms with Crippen molar-refractivity contribution in [3.63, 3.8) is 0 Å². The number of benzene rings is 1. The number of aromatic amines is 1. The lowest BCUT2D eigenvalue weighted by Crippen LogP contribution is -2.41. The van der Waals surface area contributed by atoms with Gasteiger partial charge in [-0.15, -0.1) is 0 Å². The number of hydrogen-bond donors (Lipinski definition) is 2. The molecule has 3 rings (SSSR count). The summed E-state index contributed by atoms with van der Waals surface area (Å²) in [5.74, 6) is 0. The fraction of sp³-hybridized carbons (Fsp3) is 0.333. The van der Waals surface area contributed by atoms with Gasteiger partial charge in [0.05, 0.1) is 17.2 Å². The van der Waals surface area contributed by atoms with Crippen molar-refractivity contribution in [2.75, 3.05) is 11.9 Å². The number of nitrogens with one attached hydrogen (secondary N) is 2. The highest BCUT2D eigenvalue weighted by molar-refractivity contribution is 6.33. The summed E-state index contributed by atoms with van der Waals surface area (Å²) in [6.45, 7) is 0.641. The smallest absolute Gasteiger partial charge is 0.317 e. The molecule has 1 aliphatic rings. The molecule has 0 unspecified atom stereocenters. The molecular formula is C15H16ClN5O3. The molecule has 1 fully saturated rings. The quantitative estimate of drug-likeness (QED) is 0.650. The monoisotopic (exact) mass is 349 g/mol. The first kappa shape index (κ1) is 16.3. The van der Waals surface area contributed by atoms with Gasteiger partial charge in [0.2, 0.25) is 0 Å². The summed E-state index contributed by atoms with van der Waals surface area (Å²) in [5, 5.41) is 20.3.